The van der Waals surface area contributed by atoms with Crippen LogP contribution in [0.1, 0.15) is 49.4 Å². The first-order valence-corrected chi connectivity index (χ1v) is 8.87. The summed E-state index contributed by atoms with van der Waals surface area (Å²) in [4.78, 5) is 35.8. The average Bonchev–Trinajstić information content (AvgIpc) is 2.61. The van der Waals surface area contributed by atoms with Gasteiger partial charge < -0.3 is 15.4 Å². The van der Waals surface area contributed by atoms with Crippen molar-refractivity contribution in [3.63, 3.8) is 0 Å². The molecule has 1 aromatic carbocycles. The van der Waals surface area contributed by atoms with Gasteiger partial charge in [-0.25, -0.2) is 0 Å². The summed E-state index contributed by atoms with van der Waals surface area (Å²) >= 11 is 5.92. The van der Waals surface area contributed by atoms with E-state index in [9.17, 15) is 14.4 Å². The van der Waals surface area contributed by atoms with Gasteiger partial charge in [-0.1, -0.05) is 43.0 Å². The minimum absolute atomic E-state index is 0.155. The number of rotatable bonds is 6. The molecular weight excluding hydrogens is 344 g/mol. The lowest BCUT2D eigenvalue weighted by Crippen LogP contribution is -2.43. The highest BCUT2D eigenvalue weighted by Gasteiger charge is 2.22. The summed E-state index contributed by atoms with van der Waals surface area (Å²) in [6.07, 6.45) is 4.43. The summed E-state index contributed by atoms with van der Waals surface area (Å²) < 4.78 is 5.07. The lowest BCUT2D eigenvalue weighted by Gasteiger charge is -2.24. The Morgan fingerprint density at radius 2 is 1.88 bits per heavy atom. The average molecular weight is 367 g/mol. The number of hydrogen-bond acceptors (Lipinski definition) is 4. The van der Waals surface area contributed by atoms with E-state index in [2.05, 4.69) is 10.6 Å². The molecule has 7 heteroatoms. The van der Waals surface area contributed by atoms with Crippen LogP contribution >= 0.6 is 11.6 Å². The third-order valence-corrected chi connectivity index (χ3v) is 4.47. The molecule has 1 saturated carbocycles. The Morgan fingerprint density at radius 1 is 1.20 bits per heavy atom. The van der Waals surface area contributed by atoms with Crippen LogP contribution in [0.2, 0.25) is 5.02 Å². The molecule has 0 saturated heterocycles. The van der Waals surface area contributed by atoms with Crippen LogP contribution in [0.3, 0.4) is 0 Å². The largest absolute Gasteiger partial charge is 0.451 e. The topological polar surface area (TPSA) is 84.5 Å². The molecule has 0 bridgehead atoms. The predicted octanol–water partition coefficient (Wildman–Crippen LogP) is 2.45. The van der Waals surface area contributed by atoms with Gasteiger partial charge in [0.25, 0.3) is 11.8 Å². The smallest absolute Gasteiger partial charge is 0.326 e. The van der Waals surface area contributed by atoms with Gasteiger partial charge >= 0.3 is 5.97 Å². The maximum Gasteiger partial charge on any atom is 0.326 e. The fourth-order valence-electron chi connectivity index (χ4n) is 2.75. The van der Waals surface area contributed by atoms with Crippen molar-refractivity contribution in [3.8, 4) is 0 Å². The van der Waals surface area contributed by atoms with Crippen LogP contribution in [0, 0.1) is 0 Å². The fourth-order valence-corrected chi connectivity index (χ4v) is 2.97. The van der Waals surface area contributed by atoms with Gasteiger partial charge in [0.1, 0.15) is 6.54 Å². The van der Waals surface area contributed by atoms with Crippen molar-refractivity contribution in [2.24, 2.45) is 0 Å². The molecular formula is C18H23ClN2O4. The Morgan fingerprint density at radius 3 is 2.56 bits per heavy atom. The number of esters is 1. The normalized spacial score (nSPS) is 15.9. The number of amides is 2. The fraction of sp³-hybridized carbons (Fsp3) is 0.500. The lowest BCUT2D eigenvalue weighted by molar-refractivity contribution is -0.154. The van der Waals surface area contributed by atoms with Gasteiger partial charge in [-0.15, -0.1) is 0 Å². The molecule has 1 aromatic rings. The molecule has 2 rings (SSSR count). The summed E-state index contributed by atoms with van der Waals surface area (Å²) in [5, 5.41) is 5.64. The molecule has 2 amide bonds. The number of carbonyl (C=O) groups excluding carboxylic acids is 3. The second kappa shape index (κ2) is 9.42. The van der Waals surface area contributed by atoms with Crippen molar-refractivity contribution in [2.45, 2.75) is 51.2 Å². The Kier molecular flexibility index (Phi) is 7.25. The van der Waals surface area contributed by atoms with Crippen molar-refractivity contribution in [2.75, 3.05) is 6.54 Å². The van der Waals surface area contributed by atoms with E-state index in [0.717, 1.165) is 25.7 Å². The Labute approximate surface area is 152 Å². The molecule has 6 nitrogen and oxygen atoms in total. The molecule has 1 aliphatic rings. The molecule has 2 N–H and O–H groups in total. The minimum Gasteiger partial charge on any atom is -0.451 e. The number of hydrogen-bond donors (Lipinski definition) is 2. The van der Waals surface area contributed by atoms with Crippen LogP contribution in [0.15, 0.2) is 24.3 Å². The second-order valence-electron chi connectivity index (χ2n) is 6.14. The molecule has 0 heterocycles. The van der Waals surface area contributed by atoms with Gasteiger partial charge in [0, 0.05) is 6.04 Å². The zero-order valence-electron chi connectivity index (χ0n) is 14.2. The van der Waals surface area contributed by atoms with E-state index in [1.54, 1.807) is 24.3 Å². The first-order chi connectivity index (χ1) is 12.0. The van der Waals surface area contributed by atoms with E-state index in [0.29, 0.717) is 5.02 Å². The molecule has 136 valence electrons. The zero-order chi connectivity index (χ0) is 18.2. The van der Waals surface area contributed by atoms with Crippen LogP contribution in [-0.2, 0) is 14.3 Å². The number of ether oxygens (including phenoxy) is 1. The minimum atomic E-state index is -0.897. The zero-order valence-corrected chi connectivity index (χ0v) is 15.0. The van der Waals surface area contributed by atoms with Gasteiger partial charge in [0.15, 0.2) is 6.10 Å². The number of nitrogens with one attached hydrogen (secondary N) is 2. The highest BCUT2D eigenvalue weighted by Crippen LogP contribution is 2.17. The molecule has 25 heavy (non-hydrogen) atoms. The summed E-state index contributed by atoms with van der Waals surface area (Å²) in [6.45, 7) is 1.19. The van der Waals surface area contributed by atoms with E-state index < -0.39 is 18.0 Å². The highest BCUT2D eigenvalue weighted by atomic mass is 35.5. The SMILES string of the molecule is C[C@H](OC(=O)CNC(=O)c1ccccc1Cl)C(=O)NC1CCCCC1. The van der Waals surface area contributed by atoms with Crippen molar-refractivity contribution >= 4 is 29.4 Å². The quantitative estimate of drug-likeness (QED) is 0.757. The van der Waals surface area contributed by atoms with Crippen LogP contribution in [0.5, 0.6) is 0 Å². The van der Waals surface area contributed by atoms with Crippen molar-refractivity contribution in [1.29, 1.82) is 0 Å². The van der Waals surface area contributed by atoms with E-state index in [-0.39, 0.29) is 24.1 Å². The van der Waals surface area contributed by atoms with E-state index in [1.807, 2.05) is 0 Å². The summed E-state index contributed by atoms with van der Waals surface area (Å²) in [7, 11) is 0. The Hall–Kier alpha value is -2.08. The summed E-state index contributed by atoms with van der Waals surface area (Å²) in [6, 6.07) is 6.69. The highest BCUT2D eigenvalue weighted by molar-refractivity contribution is 6.33. The van der Waals surface area contributed by atoms with Crippen molar-refractivity contribution in [1.82, 2.24) is 10.6 Å². The van der Waals surface area contributed by atoms with Gasteiger partial charge in [-0.2, -0.15) is 0 Å². The molecule has 0 aliphatic heterocycles. The maximum atomic E-state index is 12.1. The molecule has 0 radical (unpaired) electrons. The Bertz CT molecular complexity index is 629. The summed E-state index contributed by atoms with van der Waals surface area (Å²) in [5.74, 6) is -1.45. The molecule has 0 unspecified atom stereocenters. The number of benzene rings is 1. The lowest BCUT2D eigenvalue weighted by atomic mass is 9.95. The van der Waals surface area contributed by atoms with Gasteiger partial charge in [-0.3, -0.25) is 14.4 Å². The molecule has 1 aliphatic carbocycles. The Balaban J connectivity index is 1.74. The van der Waals surface area contributed by atoms with Crippen LogP contribution in [0.4, 0.5) is 0 Å². The third-order valence-electron chi connectivity index (χ3n) is 4.14. The number of carbonyl (C=O) groups is 3. The number of halogens is 1. The molecule has 1 fully saturated rings. The third kappa shape index (κ3) is 6.05. The molecule has 0 spiro atoms. The van der Waals surface area contributed by atoms with Crippen molar-refractivity contribution in [3.05, 3.63) is 34.9 Å². The monoisotopic (exact) mass is 366 g/mol. The first kappa shape index (κ1) is 19.2. The summed E-state index contributed by atoms with van der Waals surface area (Å²) in [5.41, 5.74) is 0.278. The second-order valence-corrected chi connectivity index (χ2v) is 6.55. The predicted molar refractivity (Wildman–Crippen MR) is 94.4 cm³/mol. The van der Waals surface area contributed by atoms with Gasteiger partial charge in [-0.05, 0) is 31.9 Å². The van der Waals surface area contributed by atoms with E-state index in [4.69, 9.17) is 16.3 Å². The van der Waals surface area contributed by atoms with Gasteiger partial charge in [0.05, 0.1) is 10.6 Å². The van der Waals surface area contributed by atoms with Gasteiger partial charge in [0.2, 0.25) is 0 Å². The molecule has 0 aromatic heterocycles. The maximum absolute atomic E-state index is 12.1. The van der Waals surface area contributed by atoms with Crippen LogP contribution < -0.4 is 10.6 Å². The molecule has 1 atom stereocenters. The van der Waals surface area contributed by atoms with E-state index in [1.165, 1.54) is 13.3 Å². The van der Waals surface area contributed by atoms with Crippen LogP contribution in [0.25, 0.3) is 0 Å². The first-order valence-electron chi connectivity index (χ1n) is 8.50. The van der Waals surface area contributed by atoms with Crippen molar-refractivity contribution < 1.29 is 19.1 Å². The van der Waals surface area contributed by atoms with E-state index >= 15 is 0 Å². The standard InChI is InChI=1S/C18H23ClN2O4/c1-12(17(23)21-13-7-3-2-4-8-13)25-16(22)11-20-18(24)14-9-5-6-10-15(14)19/h5-6,9-10,12-13H,2-4,7-8,11H2,1H3,(H,20,24)(H,21,23)/t12-/m0/s1. The van der Waals surface area contributed by atoms with Crippen LogP contribution in [-0.4, -0.2) is 36.5 Å².